The number of hydrogen-bond acceptors (Lipinski definition) is 3. The normalized spacial score (nSPS) is 28.0. The molecule has 4 rings (SSSR count). The molecule has 1 aromatic heterocycles. The second-order valence-corrected chi connectivity index (χ2v) is 5.88. The summed E-state index contributed by atoms with van der Waals surface area (Å²) in [4.78, 5) is 26.0. The highest BCUT2D eigenvalue weighted by atomic mass is 16.2. The molecule has 1 aliphatic carbocycles. The van der Waals surface area contributed by atoms with Crippen molar-refractivity contribution in [2.75, 3.05) is 4.90 Å². The minimum atomic E-state index is -0.184. The van der Waals surface area contributed by atoms with E-state index in [9.17, 15) is 9.59 Å². The lowest BCUT2D eigenvalue weighted by Gasteiger charge is -2.18. The molecule has 2 heterocycles. The predicted molar refractivity (Wildman–Crippen MR) is 69.3 cm³/mol. The largest absolute Gasteiger partial charge is 0.276 e. The molecule has 0 bridgehead atoms. The van der Waals surface area contributed by atoms with E-state index >= 15 is 0 Å². The maximum Gasteiger partial charge on any atom is 0.239 e. The summed E-state index contributed by atoms with van der Waals surface area (Å²) in [5.41, 5.74) is 0.648. The first-order valence-electron chi connectivity index (χ1n) is 6.34. The van der Waals surface area contributed by atoms with Crippen LogP contribution in [0, 0.1) is 17.3 Å². The van der Waals surface area contributed by atoms with Crippen LogP contribution in [-0.4, -0.2) is 22.0 Å². The zero-order chi connectivity index (χ0) is 13.4. The van der Waals surface area contributed by atoms with E-state index in [1.807, 2.05) is 38.1 Å². The molecule has 2 fully saturated rings. The SMILES string of the molecule is CC1(C)C2C(=O)N(c3n[nH]c4ccccc34)C(=O)C21. The molecule has 2 unspecified atom stereocenters. The van der Waals surface area contributed by atoms with E-state index < -0.39 is 0 Å². The Kier molecular flexibility index (Phi) is 1.72. The average molecular weight is 255 g/mol. The van der Waals surface area contributed by atoms with Crippen LogP contribution >= 0.6 is 0 Å². The molecule has 2 aromatic rings. The third-order valence-electron chi connectivity index (χ3n) is 4.46. The highest BCUT2D eigenvalue weighted by molar-refractivity contribution is 6.27. The number of anilines is 1. The van der Waals surface area contributed by atoms with Gasteiger partial charge in [-0.05, 0) is 17.5 Å². The van der Waals surface area contributed by atoms with Gasteiger partial charge in [0.05, 0.1) is 17.4 Å². The number of aromatic amines is 1. The van der Waals surface area contributed by atoms with Crippen LogP contribution in [0.5, 0.6) is 0 Å². The maximum absolute atomic E-state index is 12.4. The summed E-state index contributed by atoms with van der Waals surface area (Å²) in [6.45, 7) is 3.94. The lowest BCUT2D eigenvalue weighted by molar-refractivity contribution is -0.125. The molecule has 1 N–H and O–H groups in total. The quantitative estimate of drug-likeness (QED) is 0.789. The number of carbonyl (C=O) groups excluding carboxylic acids is 2. The lowest BCUT2D eigenvalue weighted by Crippen LogP contribution is -2.36. The molecule has 1 saturated heterocycles. The number of imide groups is 1. The molecular formula is C14H13N3O2. The number of hydrogen-bond donors (Lipinski definition) is 1. The Morgan fingerprint density at radius 3 is 2.47 bits per heavy atom. The third kappa shape index (κ3) is 1.13. The van der Waals surface area contributed by atoms with Gasteiger partial charge < -0.3 is 0 Å². The van der Waals surface area contributed by atoms with E-state index in [4.69, 9.17) is 0 Å². The van der Waals surface area contributed by atoms with Crippen molar-refractivity contribution >= 4 is 28.5 Å². The molecule has 1 aromatic carbocycles. The average Bonchev–Trinajstić information content (AvgIpc) is 2.69. The fourth-order valence-electron chi connectivity index (χ4n) is 3.27. The van der Waals surface area contributed by atoms with Crippen molar-refractivity contribution < 1.29 is 9.59 Å². The fourth-order valence-corrected chi connectivity index (χ4v) is 3.27. The van der Waals surface area contributed by atoms with E-state index in [2.05, 4.69) is 10.2 Å². The van der Waals surface area contributed by atoms with E-state index in [0.717, 1.165) is 10.9 Å². The Bertz CT molecular complexity index is 707. The minimum absolute atomic E-state index is 0.114. The second kappa shape index (κ2) is 3.04. The van der Waals surface area contributed by atoms with Crippen LogP contribution in [0.25, 0.3) is 10.9 Å². The van der Waals surface area contributed by atoms with E-state index in [1.54, 1.807) is 0 Å². The van der Waals surface area contributed by atoms with Gasteiger partial charge in [-0.3, -0.25) is 14.7 Å². The highest BCUT2D eigenvalue weighted by Crippen LogP contribution is 2.63. The molecule has 2 amide bonds. The fraction of sp³-hybridized carbons (Fsp3) is 0.357. The van der Waals surface area contributed by atoms with Gasteiger partial charge in [-0.25, -0.2) is 4.90 Å². The summed E-state index contributed by atoms with van der Waals surface area (Å²) < 4.78 is 0. The molecule has 19 heavy (non-hydrogen) atoms. The Balaban J connectivity index is 1.83. The van der Waals surface area contributed by atoms with Crippen molar-refractivity contribution in [2.45, 2.75) is 13.8 Å². The van der Waals surface area contributed by atoms with E-state index in [0.29, 0.717) is 5.82 Å². The number of aromatic nitrogens is 2. The Morgan fingerprint density at radius 1 is 1.16 bits per heavy atom. The van der Waals surface area contributed by atoms with Crippen LogP contribution in [0.3, 0.4) is 0 Å². The van der Waals surface area contributed by atoms with Crippen molar-refractivity contribution in [3.8, 4) is 0 Å². The van der Waals surface area contributed by atoms with Gasteiger partial charge in [-0.15, -0.1) is 0 Å². The molecule has 96 valence electrons. The second-order valence-electron chi connectivity index (χ2n) is 5.88. The van der Waals surface area contributed by atoms with Gasteiger partial charge in [0.2, 0.25) is 11.8 Å². The van der Waals surface area contributed by atoms with Gasteiger partial charge in [0.25, 0.3) is 0 Å². The molecule has 2 atom stereocenters. The number of para-hydroxylation sites is 1. The molecule has 1 aliphatic heterocycles. The van der Waals surface area contributed by atoms with Gasteiger partial charge in [-0.1, -0.05) is 26.0 Å². The smallest absolute Gasteiger partial charge is 0.239 e. The number of carbonyl (C=O) groups is 2. The summed E-state index contributed by atoms with van der Waals surface area (Å²) in [5, 5.41) is 7.81. The third-order valence-corrected chi connectivity index (χ3v) is 4.46. The Labute approximate surface area is 109 Å². The topological polar surface area (TPSA) is 66.1 Å². The molecule has 2 aliphatic rings. The van der Waals surface area contributed by atoms with Crippen LogP contribution in [0.1, 0.15) is 13.8 Å². The van der Waals surface area contributed by atoms with Crippen molar-refractivity contribution in [1.82, 2.24) is 10.2 Å². The van der Waals surface area contributed by atoms with E-state index in [-0.39, 0.29) is 29.1 Å². The summed E-state index contributed by atoms with van der Waals surface area (Å²) >= 11 is 0. The molecule has 5 heteroatoms. The number of amides is 2. The number of nitrogens with zero attached hydrogens (tertiary/aromatic N) is 2. The van der Waals surface area contributed by atoms with Gasteiger partial charge in [0.15, 0.2) is 5.82 Å². The van der Waals surface area contributed by atoms with Gasteiger partial charge >= 0.3 is 0 Å². The number of benzene rings is 1. The predicted octanol–water partition coefficient (Wildman–Crippen LogP) is 1.71. The van der Waals surface area contributed by atoms with Crippen molar-refractivity contribution in [1.29, 1.82) is 0 Å². The highest BCUT2D eigenvalue weighted by Gasteiger charge is 2.73. The van der Waals surface area contributed by atoms with Gasteiger partial charge in [0.1, 0.15) is 0 Å². The van der Waals surface area contributed by atoms with Crippen LogP contribution in [-0.2, 0) is 9.59 Å². The van der Waals surface area contributed by atoms with E-state index in [1.165, 1.54) is 4.90 Å². The van der Waals surface area contributed by atoms with Crippen LogP contribution in [0.4, 0.5) is 5.82 Å². The van der Waals surface area contributed by atoms with Gasteiger partial charge in [0, 0.05) is 5.39 Å². The van der Waals surface area contributed by atoms with Crippen LogP contribution in [0.2, 0.25) is 0 Å². The van der Waals surface area contributed by atoms with Crippen molar-refractivity contribution in [2.24, 2.45) is 17.3 Å². The molecule has 5 nitrogen and oxygen atoms in total. The monoisotopic (exact) mass is 255 g/mol. The Morgan fingerprint density at radius 2 is 1.79 bits per heavy atom. The number of fused-ring (bicyclic) bond motifs is 2. The van der Waals surface area contributed by atoms with Crippen LogP contribution in [0.15, 0.2) is 24.3 Å². The minimum Gasteiger partial charge on any atom is -0.276 e. The number of rotatable bonds is 1. The zero-order valence-corrected chi connectivity index (χ0v) is 10.7. The van der Waals surface area contributed by atoms with Gasteiger partial charge in [-0.2, -0.15) is 5.10 Å². The maximum atomic E-state index is 12.4. The summed E-state index contributed by atoms with van der Waals surface area (Å²) in [5.74, 6) is -0.131. The standard InChI is InChI=1S/C14H13N3O2/c1-14(2)9-10(14)13(19)17(12(9)18)11-7-5-3-4-6-8(7)15-16-11/h3-6,9-10H,1-2H3,(H,15,16). The number of H-pyrrole nitrogens is 1. The summed E-state index contributed by atoms with van der Waals surface area (Å²) in [6.07, 6.45) is 0. The first kappa shape index (κ1) is 10.7. The first-order chi connectivity index (χ1) is 9.03. The molecule has 0 spiro atoms. The molecule has 0 radical (unpaired) electrons. The summed E-state index contributed by atoms with van der Waals surface area (Å²) in [6, 6.07) is 7.50. The Hall–Kier alpha value is -2.17. The van der Waals surface area contributed by atoms with Crippen molar-refractivity contribution in [3.05, 3.63) is 24.3 Å². The van der Waals surface area contributed by atoms with Crippen LogP contribution < -0.4 is 4.90 Å². The number of piperidine rings is 1. The lowest BCUT2D eigenvalue weighted by atomic mass is 10.1. The summed E-state index contributed by atoms with van der Waals surface area (Å²) in [7, 11) is 0. The first-order valence-corrected chi connectivity index (χ1v) is 6.34. The molecule has 1 saturated carbocycles. The number of nitrogens with one attached hydrogen (secondary N) is 1. The molecular weight excluding hydrogens is 242 g/mol. The zero-order valence-electron chi connectivity index (χ0n) is 10.7. The van der Waals surface area contributed by atoms with Crippen molar-refractivity contribution in [3.63, 3.8) is 0 Å².